The van der Waals surface area contributed by atoms with Crippen molar-refractivity contribution < 1.29 is 9.59 Å². The van der Waals surface area contributed by atoms with Crippen LogP contribution in [0.3, 0.4) is 0 Å². The smallest absolute Gasteiger partial charge is 0.305 e. The number of piperazine rings is 1. The molecule has 3 rings (SSSR count). The van der Waals surface area contributed by atoms with E-state index in [0.717, 1.165) is 17.8 Å². The number of likely N-dealkylation sites (tertiary alicyclic amines) is 2. The van der Waals surface area contributed by atoms with Crippen LogP contribution in [0.5, 0.6) is 0 Å². The summed E-state index contributed by atoms with van der Waals surface area (Å²) in [5.74, 6) is -0.201. The molecule has 0 saturated carbocycles. The van der Waals surface area contributed by atoms with E-state index in [2.05, 4.69) is 11.6 Å². The van der Waals surface area contributed by atoms with Gasteiger partial charge in [-0.05, 0) is 12.5 Å². The summed E-state index contributed by atoms with van der Waals surface area (Å²) in [6.07, 6.45) is 3.57. The molecule has 2 atom stereocenters. The fourth-order valence-electron chi connectivity index (χ4n) is 2.83. The summed E-state index contributed by atoms with van der Waals surface area (Å²) < 4.78 is 0. The molecule has 100 valence electrons. The summed E-state index contributed by atoms with van der Waals surface area (Å²) >= 11 is 0.923. The molecule has 2 amide bonds. The minimum Gasteiger partial charge on any atom is -0.332 e. The van der Waals surface area contributed by atoms with Crippen molar-refractivity contribution in [3.8, 4) is 0 Å². The molecule has 0 aliphatic carbocycles. The first-order valence-electron chi connectivity index (χ1n) is 6.02. The van der Waals surface area contributed by atoms with Gasteiger partial charge in [-0.2, -0.15) is 0 Å². The first-order chi connectivity index (χ1) is 9.10. The van der Waals surface area contributed by atoms with E-state index in [4.69, 9.17) is 0 Å². The van der Waals surface area contributed by atoms with E-state index in [1.807, 2.05) is 0 Å². The number of fused-ring (bicyclic) bond motifs is 2. The lowest BCUT2D eigenvalue weighted by Gasteiger charge is -2.33. The molecule has 2 fully saturated rings. The van der Waals surface area contributed by atoms with Gasteiger partial charge in [-0.15, -0.1) is 0 Å². The molecule has 7 heteroatoms. The Balaban J connectivity index is 1.74. The number of nitrogens with one attached hydrogen (secondary N) is 1. The van der Waals surface area contributed by atoms with Gasteiger partial charge >= 0.3 is 4.87 Å². The molecule has 1 N–H and O–H groups in total. The third-order valence-corrected chi connectivity index (χ3v) is 4.51. The number of rotatable bonds is 2. The van der Waals surface area contributed by atoms with Crippen LogP contribution < -0.4 is 4.87 Å². The van der Waals surface area contributed by atoms with Crippen molar-refractivity contribution in [3.63, 3.8) is 0 Å². The molecule has 1 aromatic heterocycles. The summed E-state index contributed by atoms with van der Waals surface area (Å²) in [7, 11) is 0. The molecule has 0 aromatic carbocycles. The monoisotopic (exact) mass is 279 g/mol. The Morgan fingerprint density at radius 2 is 2.05 bits per heavy atom. The summed E-state index contributed by atoms with van der Waals surface area (Å²) in [4.78, 5) is 41.2. The van der Waals surface area contributed by atoms with Gasteiger partial charge in [0.15, 0.2) is 0 Å². The van der Waals surface area contributed by atoms with Crippen LogP contribution in [0.15, 0.2) is 23.6 Å². The molecule has 19 heavy (non-hydrogen) atoms. The Morgan fingerprint density at radius 1 is 1.37 bits per heavy atom. The quantitative estimate of drug-likeness (QED) is 0.777. The molecule has 2 aliphatic heterocycles. The molecule has 1 aromatic rings. The fourth-order valence-corrected chi connectivity index (χ4v) is 3.47. The summed E-state index contributed by atoms with van der Waals surface area (Å²) in [5.41, 5.74) is 0. The molecule has 0 radical (unpaired) electrons. The van der Waals surface area contributed by atoms with Crippen molar-refractivity contribution >= 4 is 23.2 Å². The van der Waals surface area contributed by atoms with Gasteiger partial charge in [-0.25, -0.2) is 0 Å². The fraction of sp³-hybridized carbons (Fsp3) is 0.417. The zero-order valence-electron chi connectivity index (χ0n) is 10.2. The lowest BCUT2D eigenvalue weighted by atomic mass is 10.2. The first kappa shape index (κ1) is 12.2. The number of hydrogen-bond donors (Lipinski definition) is 1. The van der Waals surface area contributed by atoms with E-state index in [1.165, 1.54) is 12.3 Å². The minimum absolute atomic E-state index is 0.0543. The number of amides is 2. The second-order valence-electron chi connectivity index (χ2n) is 4.74. The molecule has 2 aliphatic rings. The third-order valence-electron chi connectivity index (χ3n) is 3.69. The van der Waals surface area contributed by atoms with E-state index in [9.17, 15) is 14.4 Å². The maximum atomic E-state index is 12.3. The number of H-pyrrole nitrogens is 1. The van der Waals surface area contributed by atoms with Crippen LogP contribution in [0.4, 0.5) is 0 Å². The number of thiazole rings is 1. The summed E-state index contributed by atoms with van der Waals surface area (Å²) in [5, 5.41) is 0. The number of aromatic amines is 1. The van der Waals surface area contributed by atoms with Crippen LogP contribution in [-0.4, -0.2) is 51.8 Å². The van der Waals surface area contributed by atoms with Crippen LogP contribution in [0, 0.1) is 0 Å². The molecular weight excluding hydrogens is 266 g/mol. The van der Waals surface area contributed by atoms with E-state index in [-0.39, 0.29) is 28.8 Å². The van der Waals surface area contributed by atoms with Gasteiger partial charge in [-0.3, -0.25) is 14.4 Å². The zero-order valence-corrected chi connectivity index (χ0v) is 11.0. The van der Waals surface area contributed by atoms with E-state index in [0.29, 0.717) is 18.0 Å². The molecule has 2 bridgehead atoms. The SMILES string of the molecule is C=CC(=O)N1C[C@@H]2C[C@H]1CN2C(=O)c1c[nH]c(=O)s1. The van der Waals surface area contributed by atoms with E-state index in [1.54, 1.807) is 9.80 Å². The molecular formula is C12H13N3O3S. The second kappa shape index (κ2) is 4.34. The number of carbonyl (C=O) groups is 2. The lowest BCUT2D eigenvalue weighted by molar-refractivity contribution is -0.128. The normalized spacial score (nSPS) is 24.8. The average Bonchev–Trinajstić information content (AvgIpc) is 3.10. The molecule has 2 saturated heterocycles. The van der Waals surface area contributed by atoms with Crippen molar-refractivity contribution in [2.75, 3.05) is 13.1 Å². The van der Waals surface area contributed by atoms with Gasteiger partial charge in [0.05, 0.1) is 12.1 Å². The maximum Gasteiger partial charge on any atom is 0.305 e. The number of nitrogens with zero attached hydrogens (tertiary/aromatic N) is 2. The largest absolute Gasteiger partial charge is 0.332 e. The van der Waals surface area contributed by atoms with Gasteiger partial charge in [-0.1, -0.05) is 17.9 Å². The van der Waals surface area contributed by atoms with Crippen molar-refractivity contribution in [1.29, 1.82) is 0 Å². The molecule has 0 spiro atoms. The van der Waals surface area contributed by atoms with Crippen LogP contribution >= 0.6 is 11.3 Å². The van der Waals surface area contributed by atoms with E-state index < -0.39 is 0 Å². The van der Waals surface area contributed by atoms with Gasteiger partial charge < -0.3 is 14.8 Å². The Labute approximate surface area is 113 Å². The molecule has 3 heterocycles. The minimum atomic E-state index is -0.226. The highest BCUT2D eigenvalue weighted by molar-refractivity contribution is 7.11. The predicted octanol–water partition coefficient (Wildman–Crippen LogP) is 0.0477. The maximum absolute atomic E-state index is 12.3. The van der Waals surface area contributed by atoms with Crippen molar-refractivity contribution in [2.24, 2.45) is 0 Å². The lowest BCUT2D eigenvalue weighted by Crippen LogP contribution is -2.50. The zero-order chi connectivity index (χ0) is 13.6. The standard InChI is InChI=1S/C12H13N3O3S/c1-2-10(16)14-5-8-3-7(14)6-15(8)11(17)9-4-13-12(18)19-9/h2,4,7-8H,1,3,5-6H2,(H,13,18)/t7-,8-/m0/s1. The van der Waals surface area contributed by atoms with Crippen LogP contribution in [-0.2, 0) is 4.79 Å². The van der Waals surface area contributed by atoms with E-state index >= 15 is 0 Å². The first-order valence-corrected chi connectivity index (χ1v) is 6.84. The van der Waals surface area contributed by atoms with Gasteiger partial charge in [0.25, 0.3) is 5.91 Å². The van der Waals surface area contributed by atoms with Crippen LogP contribution in [0.2, 0.25) is 0 Å². The third kappa shape index (κ3) is 1.90. The summed E-state index contributed by atoms with van der Waals surface area (Å²) in [6.45, 7) is 4.58. The highest BCUT2D eigenvalue weighted by atomic mass is 32.1. The second-order valence-corrected chi connectivity index (χ2v) is 5.75. The van der Waals surface area contributed by atoms with Crippen LogP contribution in [0.25, 0.3) is 0 Å². The average molecular weight is 279 g/mol. The summed E-state index contributed by atoms with van der Waals surface area (Å²) in [6, 6.07) is 0.133. The van der Waals surface area contributed by atoms with Gasteiger partial charge in [0.1, 0.15) is 4.88 Å². The Kier molecular flexibility index (Phi) is 2.78. The number of carbonyl (C=O) groups excluding carboxylic acids is 2. The Morgan fingerprint density at radius 3 is 2.58 bits per heavy atom. The highest BCUT2D eigenvalue weighted by Crippen LogP contribution is 2.32. The van der Waals surface area contributed by atoms with Crippen LogP contribution in [0.1, 0.15) is 16.1 Å². The molecule has 0 unspecified atom stereocenters. The topological polar surface area (TPSA) is 73.5 Å². The van der Waals surface area contributed by atoms with Crippen molar-refractivity contribution in [2.45, 2.75) is 18.5 Å². The predicted molar refractivity (Wildman–Crippen MR) is 70.1 cm³/mol. The van der Waals surface area contributed by atoms with Gasteiger partial charge in [0.2, 0.25) is 5.91 Å². The Bertz CT molecular complexity index is 605. The number of aromatic nitrogens is 1. The Hall–Kier alpha value is -1.89. The number of hydrogen-bond acceptors (Lipinski definition) is 4. The highest BCUT2D eigenvalue weighted by Gasteiger charge is 2.46. The van der Waals surface area contributed by atoms with Crippen molar-refractivity contribution in [3.05, 3.63) is 33.4 Å². The van der Waals surface area contributed by atoms with Gasteiger partial charge in [0, 0.05) is 19.3 Å². The molecule has 6 nitrogen and oxygen atoms in total. The van der Waals surface area contributed by atoms with Crippen molar-refractivity contribution in [1.82, 2.24) is 14.8 Å².